The topological polar surface area (TPSA) is 45.7 Å². The quantitative estimate of drug-likeness (QED) is 0.748. The van der Waals surface area contributed by atoms with Crippen molar-refractivity contribution in [1.29, 1.82) is 0 Å². The molecule has 1 heterocycles. The number of nitrogens with zero attached hydrogens (tertiary/aromatic N) is 1. The Hall–Kier alpha value is -1.29. The maximum Gasteiger partial charge on any atom is 0.195 e. The monoisotopic (exact) mass is 261 g/mol. The number of guanidine groups is 1. The molecule has 0 aromatic carbocycles. The first-order valence-corrected chi connectivity index (χ1v) is 7.27. The normalized spacial score (nSPS) is 33.3. The number of allylic oxidation sites excluding steroid dienone is 1. The molecule has 4 nitrogen and oxygen atoms in total. The van der Waals surface area contributed by atoms with Crippen molar-refractivity contribution in [3.63, 3.8) is 0 Å². The molecule has 104 valence electrons. The van der Waals surface area contributed by atoms with Crippen LogP contribution in [0.2, 0.25) is 0 Å². The van der Waals surface area contributed by atoms with Gasteiger partial charge in [0.05, 0.1) is 11.8 Å². The zero-order chi connectivity index (χ0) is 13.3. The fourth-order valence-electron chi connectivity index (χ4n) is 3.27. The van der Waals surface area contributed by atoms with Gasteiger partial charge in [-0.15, -0.1) is 0 Å². The lowest BCUT2D eigenvalue weighted by molar-refractivity contribution is -0.0305. The Kier molecular flexibility index (Phi) is 3.35. The summed E-state index contributed by atoms with van der Waals surface area (Å²) < 4.78 is 6.41. The Balaban J connectivity index is 1.84. The molecule has 0 aromatic rings. The summed E-state index contributed by atoms with van der Waals surface area (Å²) in [4.78, 5) is 4.22. The highest BCUT2D eigenvalue weighted by molar-refractivity contribution is 5.83. The molecule has 1 fully saturated rings. The first-order valence-electron chi connectivity index (χ1n) is 7.27. The highest BCUT2D eigenvalue weighted by Gasteiger charge is 2.37. The number of aliphatic imine (C=N–C) groups is 1. The van der Waals surface area contributed by atoms with Gasteiger partial charge in [0, 0.05) is 13.6 Å². The van der Waals surface area contributed by atoms with E-state index in [1.54, 1.807) is 7.05 Å². The molecule has 2 N–H and O–H groups in total. The van der Waals surface area contributed by atoms with Gasteiger partial charge in [0.2, 0.25) is 0 Å². The van der Waals surface area contributed by atoms with E-state index in [1.165, 1.54) is 37.0 Å². The summed E-state index contributed by atoms with van der Waals surface area (Å²) in [5, 5.41) is 6.70. The number of hydrogen-bond donors (Lipinski definition) is 2. The van der Waals surface area contributed by atoms with E-state index in [-0.39, 0.29) is 5.60 Å². The molecule has 0 bridgehead atoms. The maximum atomic E-state index is 6.41. The summed E-state index contributed by atoms with van der Waals surface area (Å²) >= 11 is 0. The Labute approximate surface area is 115 Å². The minimum Gasteiger partial charge on any atom is -0.362 e. The van der Waals surface area contributed by atoms with Gasteiger partial charge in [-0.1, -0.05) is 25.0 Å². The number of hydrogen-bond acceptors (Lipinski definition) is 2. The second kappa shape index (κ2) is 5.00. The molecule has 1 atom stereocenters. The zero-order valence-corrected chi connectivity index (χ0v) is 11.8. The summed E-state index contributed by atoms with van der Waals surface area (Å²) in [6, 6.07) is 0. The molecule has 0 aromatic heterocycles. The lowest BCUT2D eigenvalue weighted by atomic mass is 9.88. The highest BCUT2D eigenvalue weighted by Crippen LogP contribution is 2.35. The van der Waals surface area contributed by atoms with E-state index in [0.29, 0.717) is 6.10 Å². The van der Waals surface area contributed by atoms with Crippen molar-refractivity contribution >= 4 is 5.96 Å². The average molecular weight is 261 g/mol. The standard InChI is InChI=1S/C15H23N3O/c1-15(19-12-7-3-4-8-12)9-5-6-11-10-17-14(16-2)18-13(11)15/h5,9,12H,3-4,6-8,10H2,1-2H3,(H2,16,17,18). The Morgan fingerprint density at radius 1 is 1.37 bits per heavy atom. The Morgan fingerprint density at radius 2 is 2.16 bits per heavy atom. The van der Waals surface area contributed by atoms with Crippen molar-refractivity contribution in [3.8, 4) is 0 Å². The van der Waals surface area contributed by atoms with E-state index in [9.17, 15) is 0 Å². The van der Waals surface area contributed by atoms with Crippen LogP contribution in [0.25, 0.3) is 0 Å². The van der Waals surface area contributed by atoms with Gasteiger partial charge in [-0.2, -0.15) is 0 Å². The van der Waals surface area contributed by atoms with Gasteiger partial charge in [-0.3, -0.25) is 4.99 Å². The van der Waals surface area contributed by atoms with E-state index in [2.05, 4.69) is 34.7 Å². The van der Waals surface area contributed by atoms with Gasteiger partial charge in [0.1, 0.15) is 5.60 Å². The van der Waals surface area contributed by atoms with E-state index in [1.807, 2.05) is 0 Å². The number of nitrogens with one attached hydrogen (secondary N) is 2. The first-order chi connectivity index (χ1) is 9.21. The van der Waals surface area contributed by atoms with E-state index in [4.69, 9.17) is 4.74 Å². The maximum absolute atomic E-state index is 6.41. The van der Waals surface area contributed by atoms with Gasteiger partial charge in [0.15, 0.2) is 5.96 Å². The van der Waals surface area contributed by atoms with Crippen LogP contribution in [0.15, 0.2) is 28.4 Å². The summed E-state index contributed by atoms with van der Waals surface area (Å²) in [6.07, 6.45) is 10.8. The third-order valence-electron chi connectivity index (χ3n) is 4.30. The zero-order valence-electron chi connectivity index (χ0n) is 11.8. The SMILES string of the molecule is CN=C1NCC2=C(N1)C(C)(OC1CCCC1)C=CC2. The van der Waals surface area contributed by atoms with Crippen molar-refractivity contribution in [2.24, 2.45) is 4.99 Å². The summed E-state index contributed by atoms with van der Waals surface area (Å²) in [5.74, 6) is 0.843. The van der Waals surface area contributed by atoms with Crippen LogP contribution < -0.4 is 10.6 Å². The molecule has 3 rings (SSSR count). The van der Waals surface area contributed by atoms with Gasteiger partial charge in [0.25, 0.3) is 0 Å². The second-order valence-corrected chi connectivity index (χ2v) is 5.77. The smallest absolute Gasteiger partial charge is 0.195 e. The molecule has 1 saturated carbocycles. The predicted octanol–water partition coefficient (Wildman–Crippen LogP) is 2.10. The molecule has 19 heavy (non-hydrogen) atoms. The Bertz CT molecular complexity index is 446. The first kappa shape index (κ1) is 12.7. The molecule has 4 heteroatoms. The fraction of sp³-hybridized carbons (Fsp3) is 0.667. The van der Waals surface area contributed by atoms with E-state index >= 15 is 0 Å². The molecule has 1 unspecified atom stereocenters. The highest BCUT2D eigenvalue weighted by atomic mass is 16.5. The van der Waals surface area contributed by atoms with Crippen LogP contribution in [0.5, 0.6) is 0 Å². The fourth-order valence-corrected chi connectivity index (χ4v) is 3.27. The molecule has 2 aliphatic carbocycles. The van der Waals surface area contributed by atoms with E-state index in [0.717, 1.165) is 18.9 Å². The second-order valence-electron chi connectivity index (χ2n) is 5.77. The number of rotatable bonds is 2. The van der Waals surface area contributed by atoms with Crippen molar-refractivity contribution < 1.29 is 4.74 Å². The third kappa shape index (κ3) is 2.41. The third-order valence-corrected chi connectivity index (χ3v) is 4.30. The molecule has 3 aliphatic rings. The van der Waals surface area contributed by atoms with Crippen molar-refractivity contribution in [3.05, 3.63) is 23.4 Å². The van der Waals surface area contributed by atoms with Crippen LogP contribution in [-0.2, 0) is 4.74 Å². The van der Waals surface area contributed by atoms with Crippen LogP contribution in [0.1, 0.15) is 39.0 Å². The van der Waals surface area contributed by atoms with Crippen LogP contribution in [0.3, 0.4) is 0 Å². The largest absolute Gasteiger partial charge is 0.362 e. The molecule has 0 radical (unpaired) electrons. The number of ether oxygens (including phenoxy) is 1. The summed E-state index contributed by atoms with van der Waals surface area (Å²) in [7, 11) is 1.80. The van der Waals surface area contributed by atoms with E-state index < -0.39 is 0 Å². The van der Waals surface area contributed by atoms with Gasteiger partial charge in [-0.05, 0) is 31.8 Å². The Morgan fingerprint density at radius 3 is 2.89 bits per heavy atom. The van der Waals surface area contributed by atoms with Crippen LogP contribution in [-0.4, -0.2) is 31.3 Å². The molecular weight excluding hydrogens is 238 g/mol. The van der Waals surface area contributed by atoms with Crippen LogP contribution in [0, 0.1) is 0 Å². The van der Waals surface area contributed by atoms with Crippen LogP contribution >= 0.6 is 0 Å². The van der Waals surface area contributed by atoms with Gasteiger partial charge in [-0.25, -0.2) is 0 Å². The van der Waals surface area contributed by atoms with Crippen LogP contribution in [0.4, 0.5) is 0 Å². The molecular formula is C15H23N3O. The molecule has 0 saturated heterocycles. The predicted molar refractivity (Wildman–Crippen MR) is 77.0 cm³/mol. The summed E-state index contributed by atoms with van der Waals surface area (Å²) in [5.41, 5.74) is 2.26. The minimum atomic E-state index is -0.319. The lowest BCUT2D eigenvalue weighted by Crippen LogP contribution is -2.51. The molecule has 1 aliphatic heterocycles. The van der Waals surface area contributed by atoms with Crippen molar-refractivity contribution in [2.75, 3.05) is 13.6 Å². The molecule has 0 spiro atoms. The summed E-state index contributed by atoms with van der Waals surface area (Å²) in [6.45, 7) is 3.03. The van der Waals surface area contributed by atoms with Gasteiger partial charge < -0.3 is 15.4 Å². The van der Waals surface area contributed by atoms with Crippen molar-refractivity contribution in [1.82, 2.24) is 10.6 Å². The minimum absolute atomic E-state index is 0.319. The van der Waals surface area contributed by atoms with Crippen molar-refractivity contribution in [2.45, 2.75) is 50.7 Å². The molecule has 0 amide bonds. The van der Waals surface area contributed by atoms with Gasteiger partial charge >= 0.3 is 0 Å². The average Bonchev–Trinajstić information content (AvgIpc) is 2.91. The lowest BCUT2D eigenvalue weighted by Gasteiger charge is -2.39.